The van der Waals surface area contributed by atoms with Gasteiger partial charge in [-0.25, -0.2) is 9.97 Å². The molecule has 0 bridgehead atoms. The molecule has 3 aromatic heterocycles. The second-order valence-corrected chi connectivity index (χ2v) is 6.36. The lowest BCUT2D eigenvalue weighted by atomic mass is 10.2. The third-order valence-corrected chi connectivity index (χ3v) is 4.36. The van der Waals surface area contributed by atoms with Crippen LogP contribution in [0.1, 0.15) is 22.2 Å². The van der Waals surface area contributed by atoms with Crippen LogP contribution in [0.25, 0.3) is 10.9 Å². The Morgan fingerprint density at radius 1 is 1.21 bits per heavy atom. The van der Waals surface area contributed by atoms with Crippen LogP contribution in [0.4, 0.5) is 0 Å². The molecule has 0 saturated carbocycles. The molecular weight excluding hydrogens is 358 g/mol. The van der Waals surface area contributed by atoms with Gasteiger partial charge < -0.3 is 18.6 Å². The van der Waals surface area contributed by atoms with Crippen LogP contribution in [0.15, 0.2) is 59.6 Å². The predicted molar refractivity (Wildman–Crippen MR) is 102 cm³/mol. The number of amides is 1. The predicted octanol–water partition coefficient (Wildman–Crippen LogP) is 2.81. The Labute approximate surface area is 161 Å². The summed E-state index contributed by atoms with van der Waals surface area (Å²) in [5.74, 6) is 1.49. The minimum Gasteiger partial charge on any atom is -0.482 e. The molecule has 142 valence electrons. The van der Waals surface area contributed by atoms with Gasteiger partial charge in [0, 0.05) is 38.1 Å². The van der Waals surface area contributed by atoms with Crippen molar-refractivity contribution in [3.63, 3.8) is 0 Å². The number of pyridine rings is 1. The molecule has 0 aliphatic carbocycles. The van der Waals surface area contributed by atoms with E-state index in [2.05, 4.69) is 15.0 Å². The van der Waals surface area contributed by atoms with E-state index in [1.54, 1.807) is 24.3 Å². The number of nitrogens with zero attached hydrogens (tertiary/aromatic N) is 5. The molecule has 1 amide bonds. The van der Waals surface area contributed by atoms with Gasteiger partial charge in [-0.2, -0.15) is 0 Å². The van der Waals surface area contributed by atoms with Crippen molar-refractivity contribution in [2.24, 2.45) is 7.05 Å². The van der Waals surface area contributed by atoms with Gasteiger partial charge in [0.2, 0.25) is 5.89 Å². The van der Waals surface area contributed by atoms with Crippen molar-refractivity contribution in [2.75, 3.05) is 7.05 Å². The minimum absolute atomic E-state index is 0.103. The van der Waals surface area contributed by atoms with Gasteiger partial charge in [-0.3, -0.25) is 9.78 Å². The van der Waals surface area contributed by atoms with Gasteiger partial charge in [0.05, 0.1) is 6.54 Å². The van der Waals surface area contributed by atoms with E-state index in [-0.39, 0.29) is 18.2 Å². The zero-order chi connectivity index (χ0) is 19.5. The summed E-state index contributed by atoms with van der Waals surface area (Å²) in [4.78, 5) is 26.9. The number of carbonyl (C=O) groups is 1. The third kappa shape index (κ3) is 3.57. The fraction of sp³-hybridized carbons (Fsp3) is 0.200. The van der Waals surface area contributed by atoms with E-state index in [4.69, 9.17) is 9.15 Å². The Morgan fingerprint density at radius 2 is 2.07 bits per heavy atom. The maximum atomic E-state index is 12.6. The number of imidazole rings is 1. The molecule has 4 aromatic rings. The average Bonchev–Trinajstić information content (AvgIpc) is 3.35. The molecule has 0 fully saturated rings. The van der Waals surface area contributed by atoms with Gasteiger partial charge >= 0.3 is 0 Å². The Kier molecular flexibility index (Phi) is 4.76. The monoisotopic (exact) mass is 377 g/mol. The van der Waals surface area contributed by atoms with E-state index in [1.165, 1.54) is 6.26 Å². The van der Waals surface area contributed by atoms with Crippen molar-refractivity contribution < 1.29 is 13.9 Å². The molecule has 0 aliphatic heterocycles. The standard InChI is InChI=1S/C20H19N5O3/c1-24-10-9-21-17(24)11-25(2)20(26)15-12-28-18(23-15)13-27-16-7-3-5-14-6-4-8-22-19(14)16/h3-10,12H,11,13H2,1-2H3. The minimum atomic E-state index is -0.246. The van der Waals surface area contributed by atoms with Crippen LogP contribution in [0.2, 0.25) is 0 Å². The van der Waals surface area contributed by atoms with Crippen molar-refractivity contribution in [1.29, 1.82) is 0 Å². The van der Waals surface area contributed by atoms with Gasteiger partial charge in [-0.1, -0.05) is 18.2 Å². The van der Waals surface area contributed by atoms with Crippen LogP contribution in [0, 0.1) is 0 Å². The van der Waals surface area contributed by atoms with E-state index in [0.717, 1.165) is 16.7 Å². The number of hydrogen-bond donors (Lipinski definition) is 0. The molecule has 0 N–H and O–H groups in total. The zero-order valence-corrected chi connectivity index (χ0v) is 15.6. The highest BCUT2D eigenvalue weighted by molar-refractivity contribution is 5.91. The molecule has 0 aliphatic rings. The SMILES string of the molecule is CN(Cc1nccn1C)C(=O)c1coc(COc2cccc3cccnc23)n1. The van der Waals surface area contributed by atoms with E-state index >= 15 is 0 Å². The van der Waals surface area contributed by atoms with E-state index in [0.29, 0.717) is 18.2 Å². The second-order valence-electron chi connectivity index (χ2n) is 6.36. The maximum absolute atomic E-state index is 12.6. The smallest absolute Gasteiger partial charge is 0.275 e. The molecule has 0 unspecified atom stereocenters. The first kappa shape index (κ1) is 17.7. The number of aromatic nitrogens is 4. The topological polar surface area (TPSA) is 86.3 Å². The molecule has 3 heterocycles. The van der Waals surface area contributed by atoms with Crippen LogP contribution in [0.3, 0.4) is 0 Å². The van der Waals surface area contributed by atoms with E-state index < -0.39 is 0 Å². The fourth-order valence-electron chi connectivity index (χ4n) is 2.84. The van der Waals surface area contributed by atoms with Crippen LogP contribution in [0.5, 0.6) is 5.75 Å². The molecule has 4 rings (SSSR count). The summed E-state index contributed by atoms with van der Waals surface area (Å²) < 4.78 is 13.1. The van der Waals surface area contributed by atoms with Gasteiger partial charge in [-0.05, 0) is 12.1 Å². The largest absolute Gasteiger partial charge is 0.482 e. The number of oxazole rings is 1. The Bertz CT molecular complexity index is 1110. The molecule has 0 radical (unpaired) electrons. The Morgan fingerprint density at radius 3 is 2.89 bits per heavy atom. The number of fused-ring (bicyclic) bond motifs is 1. The molecule has 1 aromatic carbocycles. The summed E-state index contributed by atoms with van der Waals surface area (Å²) in [7, 11) is 3.58. The second kappa shape index (κ2) is 7.51. The number of carbonyl (C=O) groups excluding carboxylic acids is 1. The van der Waals surface area contributed by atoms with Crippen molar-refractivity contribution in [3.05, 3.63) is 72.6 Å². The number of hydrogen-bond acceptors (Lipinski definition) is 6. The first-order chi connectivity index (χ1) is 13.6. The van der Waals surface area contributed by atoms with Gasteiger partial charge in [0.15, 0.2) is 12.3 Å². The molecule has 0 atom stereocenters. The summed E-state index contributed by atoms with van der Waals surface area (Å²) in [6.45, 7) is 0.481. The summed E-state index contributed by atoms with van der Waals surface area (Å²) in [5.41, 5.74) is 0.994. The van der Waals surface area contributed by atoms with Gasteiger partial charge in [-0.15, -0.1) is 0 Å². The van der Waals surface area contributed by atoms with Gasteiger partial charge in [0.1, 0.15) is 23.4 Å². The normalized spacial score (nSPS) is 10.9. The number of aryl methyl sites for hydroxylation is 1. The van der Waals surface area contributed by atoms with E-state index in [9.17, 15) is 4.79 Å². The summed E-state index contributed by atoms with van der Waals surface area (Å²) in [5, 5.41) is 0.985. The highest BCUT2D eigenvalue weighted by Gasteiger charge is 2.18. The number of ether oxygens (including phenoxy) is 1. The van der Waals surface area contributed by atoms with Crippen molar-refractivity contribution in [1.82, 2.24) is 24.4 Å². The molecule has 0 spiro atoms. The first-order valence-electron chi connectivity index (χ1n) is 8.74. The lowest BCUT2D eigenvalue weighted by Crippen LogP contribution is -2.27. The van der Waals surface area contributed by atoms with Crippen LogP contribution in [-0.2, 0) is 20.2 Å². The summed E-state index contributed by atoms with van der Waals surface area (Å²) >= 11 is 0. The first-order valence-corrected chi connectivity index (χ1v) is 8.74. The summed E-state index contributed by atoms with van der Waals surface area (Å²) in [6.07, 6.45) is 6.59. The molecule has 8 nitrogen and oxygen atoms in total. The van der Waals surface area contributed by atoms with Crippen molar-refractivity contribution >= 4 is 16.8 Å². The molecule has 0 saturated heterocycles. The quantitative estimate of drug-likeness (QED) is 0.514. The molecule has 8 heteroatoms. The van der Waals surface area contributed by atoms with Crippen LogP contribution in [-0.4, -0.2) is 37.4 Å². The molecule has 28 heavy (non-hydrogen) atoms. The number of rotatable bonds is 6. The number of para-hydroxylation sites is 1. The number of benzene rings is 1. The third-order valence-electron chi connectivity index (χ3n) is 4.36. The van der Waals surface area contributed by atoms with Crippen LogP contribution >= 0.6 is 0 Å². The Balaban J connectivity index is 1.42. The molecular formula is C20H19N5O3. The van der Waals surface area contributed by atoms with Crippen LogP contribution < -0.4 is 4.74 Å². The highest BCUT2D eigenvalue weighted by atomic mass is 16.5. The lowest BCUT2D eigenvalue weighted by Gasteiger charge is -2.15. The maximum Gasteiger partial charge on any atom is 0.275 e. The lowest BCUT2D eigenvalue weighted by molar-refractivity contribution is 0.0774. The van der Waals surface area contributed by atoms with Crippen molar-refractivity contribution in [2.45, 2.75) is 13.2 Å². The van der Waals surface area contributed by atoms with Gasteiger partial charge in [0.25, 0.3) is 5.91 Å². The van der Waals surface area contributed by atoms with Crippen molar-refractivity contribution in [3.8, 4) is 5.75 Å². The average molecular weight is 377 g/mol. The van der Waals surface area contributed by atoms with E-state index in [1.807, 2.05) is 48.1 Å². The highest BCUT2D eigenvalue weighted by Crippen LogP contribution is 2.23. The fourth-order valence-corrected chi connectivity index (χ4v) is 2.84. The zero-order valence-electron chi connectivity index (χ0n) is 15.6. The Hall–Kier alpha value is -3.68. The summed E-state index contributed by atoms with van der Waals surface area (Å²) in [6, 6.07) is 9.55.